The van der Waals surface area contributed by atoms with Crippen LogP contribution in [0.5, 0.6) is 11.5 Å². The zero-order chi connectivity index (χ0) is 45.6. The molecule has 0 spiro atoms. The van der Waals surface area contributed by atoms with Gasteiger partial charge in [0.05, 0.1) is 46.0 Å². The summed E-state index contributed by atoms with van der Waals surface area (Å²) in [4.78, 5) is 31.6. The van der Waals surface area contributed by atoms with Crippen molar-refractivity contribution in [1.29, 1.82) is 5.26 Å². The molecule has 5 aromatic rings. The van der Waals surface area contributed by atoms with E-state index in [1.807, 2.05) is 91.9 Å². The topological polar surface area (TPSA) is 156 Å². The predicted octanol–water partition coefficient (Wildman–Crippen LogP) is 8.55. The molecule has 336 valence electrons. The number of nitrogens with one attached hydrogen (secondary N) is 1. The van der Waals surface area contributed by atoms with Crippen LogP contribution < -0.4 is 20.5 Å². The van der Waals surface area contributed by atoms with E-state index >= 15 is 0 Å². The van der Waals surface area contributed by atoms with Gasteiger partial charge in [-0.2, -0.15) is 10.2 Å². The van der Waals surface area contributed by atoms with Gasteiger partial charge in [-0.1, -0.05) is 72.8 Å². The van der Waals surface area contributed by atoms with Crippen LogP contribution in [-0.4, -0.2) is 83.6 Å². The van der Waals surface area contributed by atoms with Gasteiger partial charge in [0, 0.05) is 29.4 Å². The number of carbonyl (C=O) groups excluding carboxylic acids is 1. The minimum absolute atomic E-state index is 0.00139. The number of aryl methyl sites for hydroxylation is 1. The Hall–Kier alpha value is -5.49. The number of hydrogen-bond donors (Lipinski definition) is 1. The van der Waals surface area contributed by atoms with Gasteiger partial charge >= 0.3 is 5.69 Å². The number of carbonyl (C=O) groups is 1. The molecule has 0 radical (unpaired) electrons. The number of nitriles is 1. The monoisotopic (exact) mass is 889 g/mol. The number of amides is 1. The van der Waals surface area contributed by atoms with Crippen molar-refractivity contribution in [2.45, 2.75) is 95.8 Å². The molecule has 64 heavy (non-hydrogen) atoms. The Balaban J connectivity index is 1.35. The highest BCUT2D eigenvalue weighted by Gasteiger charge is 2.68. The van der Waals surface area contributed by atoms with Crippen molar-refractivity contribution in [2.75, 3.05) is 32.8 Å². The summed E-state index contributed by atoms with van der Waals surface area (Å²) in [6.45, 7) is 12.0. The average Bonchev–Trinajstić information content (AvgIpc) is 3.74. The van der Waals surface area contributed by atoms with Crippen LogP contribution in [-0.2, 0) is 28.9 Å². The molecule has 6 atom stereocenters. The van der Waals surface area contributed by atoms with Crippen LogP contribution in [0.2, 0.25) is 0 Å². The molecule has 2 bridgehead atoms. The Morgan fingerprint density at radius 2 is 1.47 bits per heavy atom. The van der Waals surface area contributed by atoms with Gasteiger partial charge in [-0.3, -0.25) is 9.36 Å². The first-order valence-electron chi connectivity index (χ1n) is 21.4. The molecule has 2 saturated heterocycles. The molecule has 15 heteroatoms. The summed E-state index contributed by atoms with van der Waals surface area (Å²) < 4.78 is 49.9. The minimum Gasteiger partial charge on any atom is -0.497 e. The molecule has 4 aromatic carbocycles. The maximum Gasteiger partial charge on any atom is 0.351 e. The van der Waals surface area contributed by atoms with E-state index in [4.69, 9.17) is 32.7 Å². The molecule has 14 nitrogen and oxygen atoms in total. The summed E-state index contributed by atoms with van der Waals surface area (Å²) in [7, 11) is 1.43. The summed E-state index contributed by atoms with van der Waals surface area (Å²) in [5, 5.41) is 12.3. The first-order valence-corrected chi connectivity index (χ1v) is 22.5. The number of ether oxygens (including phenoxy) is 5. The van der Waals surface area contributed by atoms with Crippen LogP contribution in [0.1, 0.15) is 79.9 Å². The Labute approximate surface area is 376 Å². The third-order valence-electron chi connectivity index (χ3n) is 11.7. The highest BCUT2D eigenvalue weighted by Crippen LogP contribution is 2.58. The van der Waals surface area contributed by atoms with Crippen LogP contribution in [0.15, 0.2) is 120 Å². The summed E-state index contributed by atoms with van der Waals surface area (Å²) in [5.74, 6) is 1.09. The summed E-state index contributed by atoms with van der Waals surface area (Å²) in [6.07, 6.45) is -1.57. The van der Waals surface area contributed by atoms with Gasteiger partial charge in [0.2, 0.25) is 0 Å². The Bertz CT molecular complexity index is 2390. The quantitative estimate of drug-likeness (QED) is 0.0480. The van der Waals surface area contributed by atoms with E-state index in [1.165, 1.54) is 4.57 Å². The van der Waals surface area contributed by atoms with E-state index in [1.54, 1.807) is 51.6 Å². The summed E-state index contributed by atoms with van der Waals surface area (Å²) >= 11 is 0. The Kier molecular flexibility index (Phi) is 14.6. The zero-order valence-electron chi connectivity index (χ0n) is 37.5. The second-order valence-corrected chi connectivity index (χ2v) is 17.8. The number of nitrogens with zero attached hydrogens (tertiary/aromatic N) is 4. The van der Waals surface area contributed by atoms with Gasteiger partial charge in [0.15, 0.2) is 6.23 Å². The molecule has 3 heterocycles. The lowest BCUT2D eigenvalue weighted by molar-refractivity contribution is -0.231. The highest BCUT2D eigenvalue weighted by molar-refractivity contribution is 7.44. The predicted molar refractivity (Wildman–Crippen MR) is 243 cm³/mol. The molecule has 1 aromatic heterocycles. The lowest BCUT2D eigenvalue weighted by atomic mass is 9.79. The third kappa shape index (κ3) is 9.21. The molecular weight excluding hydrogens is 834 g/mol. The molecule has 0 saturated carbocycles. The fraction of sp³-hybridized carbons (Fsp3) is 0.388. The van der Waals surface area contributed by atoms with Gasteiger partial charge < -0.3 is 38.0 Å². The number of hydrogen-bond acceptors (Lipinski definition) is 12. The van der Waals surface area contributed by atoms with Crippen molar-refractivity contribution < 1.29 is 37.5 Å². The van der Waals surface area contributed by atoms with Crippen LogP contribution in [0.25, 0.3) is 0 Å². The van der Waals surface area contributed by atoms with Gasteiger partial charge in [-0.05, 0) is 94.6 Å². The molecule has 2 fully saturated rings. The smallest absolute Gasteiger partial charge is 0.351 e. The number of fused-ring (bicyclic) bond motifs is 2. The molecule has 1 amide bonds. The van der Waals surface area contributed by atoms with Crippen molar-refractivity contribution in [3.63, 3.8) is 0 Å². The SMILES string of the molecule is COc1ccc(C(OCC23OC(n4cc(C)c(NC(=O)c5ccccc5)nc4=O)C(OC2C)C3OP(OCCC#N)N(C(C)C)C(C)C)(c2ccccc2)c2ccc(OC)cc2)cc1. The van der Waals surface area contributed by atoms with Crippen molar-refractivity contribution in [1.82, 2.24) is 14.2 Å². The first kappa shape index (κ1) is 46.5. The number of anilines is 1. The molecule has 2 aliphatic rings. The van der Waals surface area contributed by atoms with E-state index in [0.717, 1.165) is 16.7 Å². The van der Waals surface area contributed by atoms with Crippen LogP contribution in [0.4, 0.5) is 5.82 Å². The van der Waals surface area contributed by atoms with E-state index < -0.39 is 55.9 Å². The lowest BCUT2D eigenvalue weighted by Crippen LogP contribution is -2.53. The van der Waals surface area contributed by atoms with E-state index in [9.17, 15) is 14.9 Å². The fourth-order valence-electron chi connectivity index (χ4n) is 8.53. The van der Waals surface area contributed by atoms with Gasteiger partial charge in [0.1, 0.15) is 40.7 Å². The molecule has 6 unspecified atom stereocenters. The second-order valence-electron chi connectivity index (χ2n) is 16.4. The molecule has 1 N–H and O–H groups in total. The van der Waals surface area contributed by atoms with E-state index in [0.29, 0.717) is 22.6 Å². The van der Waals surface area contributed by atoms with Crippen molar-refractivity contribution in [3.8, 4) is 17.6 Å². The standard InChI is InChI=1S/C49H56N5O9P/c1-32(2)54(33(3)4)64(60-29-15-28-50)63-43-42-46(53-30-34(5)44(52-47(53)56)51-45(55)36-16-11-9-12-17-36)62-48(43,35(6)61-42)31-59-49(37-18-13-10-14-19-37,38-20-24-40(57-7)25-21-38)39-22-26-41(58-8)27-23-39/h9-14,16-27,30,32-33,35,42-43,46H,15,29,31H2,1-8H3,(H,51,52,55,56). The summed E-state index contributed by atoms with van der Waals surface area (Å²) in [6, 6.07) is 36.3. The Morgan fingerprint density at radius 1 is 0.906 bits per heavy atom. The largest absolute Gasteiger partial charge is 0.497 e. The fourth-order valence-corrected chi connectivity index (χ4v) is 10.3. The van der Waals surface area contributed by atoms with E-state index in [2.05, 4.69) is 48.7 Å². The van der Waals surface area contributed by atoms with Crippen molar-refractivity contribution in [3.05, 3.63) is 154 Å². The highest BCUT2D eigenvalue weighted by atomic mass is 31.2. The second kappa shape index (κ2) is 20.1. The number of methoxy groups -OCH3 is 2. The zero-order valence-corrected chi connectivity index (χ0v) is 38.4. The van der Waals surface area contributed by atoms with Gasteiger partial charge in [-0.25, -0.2) is 9.46 Å². The normalized spacial score (nSPS) is 21.0. The third-order valence-corrected chi connectivity index (χ3v) is 13.8. The maximum atomic E-state index is 14.1. The number of benzene rings is 4. The maximum absolute atomic E-state index is 14.1. The van der Waals surface area contributed by atoms with Gasteiger partial charge in [-0.15, -0.1) is 0 Å². The lowest BCUT2D eigenvalue weighted by Gasteiger charge is -2.43. The number of aromatic nitrogens is 2. The van der Waals surface area contributed by atoms with E-state index in [-0.39, 0.29) is 37.5 Å². The number of rotatable bonds is 19. The van der Waals surface area contributed by atoms with Crippen LogP contribution >= 0.6 is 8.53 Å². The van der Waals surface area contributed by atoms with Crippen molar-refractivity contribution >= 4 is 20.3 Å². The van der Waals surface area contributed by atoms with Crippen LogP contribution in [0, 0.1) is 18.3 Å². The van der Waals surface area contributed by atoms with Crippen molar-refractivity contribution in [2.24, 2.45) is 0 Å². The van der Waals surface area contributed by atoms with Gasteiger partial charge in [0.25, 0.3) is 14.4 Å². The first-order chi connectivity index (χ1) is 30.9. The van der Waals surface area contributed by atoms with Crippen LogP contribution in [0.3, 0.4) is 0 Å². The summed E-state index contributed by atoms with van der Waals surface area (Å²) in [5.41, 5.74) is 0.181. The molecule has 0 aliphatic carbocycles. The minimum atomic E-state index is -1.82. The molecule has 7 rings (SSSR count). The molecule has 2 aliphatic heterocycles. The Morgan fingerprint density at radius 3 is 2.02 bits per heavy atom. The average molecular weight is 890 g/mol. The molecular formula is C49H56N5O9P.